The maximum Gasteiger partial charge on any atom is 0.414 e. The maximum atomic E-state index is 11.5. The van der Waals surface area contributed by atoms with E-state index in [2.05, 4.69) is 16.6 Å². The zero-order valence-electron chi connectivity index (χ0n) is 9.93. The molecule has 6 heteroatoms. The van der Waals surface area contributed by atoms with Gasteiger partial charge in [0.25, 0.3) is 0 Å². The minimum atomic E-state index is -0.547. The predicted octanol–water partition coefficient (Wildman–Crippen LogP) is 1.25. The first kappa shape index (κ1) is 13.1. The Morgan fingerprint density at radius 3 is 3.00 bits per heavy atom. The van der Waals surface area contributed by atoms with Crippen LogP contribution < -0.4 is 5.32 Å². The number of rotatable bonds is 4. The second kappa shape index (κ2) is 5.93. The van der Waals surface area contributed by atoms with E-state index >= 15 is 0 Å². The highest BCUT2D eigenvalue weighted by molar-refractivity contribution is 5.73. The first-order valence-corrected chi connectivity index (χ1v) is 5.21. The molecule has 1 heterocycles. The second-order valence-corrected chi connectivity index (χ2v) is 3.41. The van der Waals surface area contributed by atoms with Crippen LogP contribution in [0.4, 0.5) is 9.59 Å². The van der Waals surface area contributed by atoms with E-state index in [1.54, 1.807) is 12.2 Å². The van der Waals surface area contributed by atoms with Gasteiger partial charge in [-0.1, -0.05) is 12.7 Å². The van der Waals surface area contributed by atoms with Gasteiger partial charge in [-0.15, -0.1) is 0 Å². The van der Waals surface area contributed by atoms with Crippen molar-refractivity contribution in [3.05, 3.63) is 24.4 Å². The minimum Gasteiger partial charge on any atom is -0.453 e. The van der Waals surface area contributed by atoms with E-state index < -0.39 is 12.2 Å². The van der Waals surface area contributed by atoms with Crippen LogP contribution in [0.25, 0.3) is 0 Å². The Morgan fingerprint density at radius 1 is 1.76 bits per heavy atom. The maximum absolute atomic E-state index is 11.5. The lowest BCUT2D eigenvalue weighted by atomic mass is 10.3. The first-order chi connectivity index (χ1) is 8.12. The van der Waals surface area contributed by atoms with Gasteiger partial charge in [-0.2, -0.15) is 0 Å². The molecule has 2 amide bonds. The van der Waals surface area contributed by atoms with Gasteiger partial charge in [0.2, 0.25) is 0 Å². The molecule has 0 aromatic rings. The number of carbonyl (C=O) groups excluding carboxylic acids is 2. The van der Waals surface area contributed by atoms with E-state index in [0.29, 0.717) is 12.2 Å². The molecule has 0 radical (unpaired) electrons. The number of hydrogen-bond acceptors (Lipinski definition) is 4. The van der Waals surface area contributed by atoms with Crippen LogP contribution in [0, 0.1) is 0 Å². The molecule has 17 heavy (non-hydrogen) atoms. The molecule has 0 spiro atoms. The average molecular weight is 240 g/mol. The van der Waals surface area contributed by atoms with Crippen molar-refractivity contribution in [2.75, 3.05) is 20.2 Å². The number of alkyl carbamates (subject to hydrolysis) is 1. The van der Waals surface area contributed by atoms with Crippen LogP contribution in [0.1, 0.15) is 6.92 Å². The Bertz CT molecular complexity index is 351. The lowest BCUT2D eigenvalue weighted by Crippen LogP contribution is -2.34. The lowest BCUT2D eigenvalue weighted by molar-refractivity contribution is 0.128. The number of nitrogens with zero attached hydrogens (tertiary/aromatic N) is 1. The lowest BCUT2D eigenvalue weighted by Gasteiger charge is -2.13. The SMILES string of the molecule is C=CC(=CC)N1CC(CNC(=O)OC)OC1=O. The fourth-order valence-electron chi connectivity index (χ4n) is 1.49. The molecule has 0 saturated carbocycles. The van der Waals surface area contributed by atoms with Crippen LogP contribution >= 0.6 is 0 Å². The van der Waals surface area contributed by atoms with Crippen LogP contribution in [0.15, 0.2) is 24.4 Å². The van der Waals surface area contributed by atoms with Crippen molar-refractivity contribution < 1.29 is 19.1 Å². The second-order valence-electron chi connectivity index (χ2n) is 3.41. The minimum absolute atomic E-state index is 0.225. The summed E-state index contributed by atoms with van der Waals surface area (Å²) in [5.41, 5.74) is 0.690. The molecule has 6 nitrogen and oxygen atoms in total. The van der Waals surface area contributed by atoms with Crippen LogP contribution in [0.5, 0.6) is 0 Å². The van der Waals surface area contributed by atoms with Crippen molar-refractivity contribution >= 4 is 12.2 Å². The third-order valence-corrected chi connectivity index (χ3v) is 2.35. The average Bonchev–Trinajstić information content (AvgIpc) is 2.69. The van der Waals surface area contributed by atoms with Crippen molar-refractivity contribution in [2.24, 2.45) is 0 Å². The van der Waals surface area contributed by atoms with Gasteiger partial charge in [0.05, 0.1) is 20.2 Å². The monoisotopic (exact) mass is 240 g/mol. The van der Waals surface area contributed by atoms with Crippen molar-refractivity contribution in [2.45, 2.75) is 13.0 Å². The number of amides is 2. The molecule has 1 aliphatic rings. The zero-order valence-corrected chi connectivity index (χ0v) is 9.93. The Morgan fingerprint density at radius 2 is 2.47 bits per heavy atom. The van der Waals surface area contributed by atoms with Gasteiger partial charge in [0.15, 0.2) is 0 Å². The largest absolute Gasteiger partial charge is 0.453 e. The molecule has 0 bridgehead atoms. The van der Waals surface area contributed by atoms with E-state index in [1.807, 2.05) is 6.92 Å². The number of ether oxygens (including phenoxy) is 2. The molecule has 0 aliphatic carbocycles. The van der Waals surface area contributed by atoms with E-state index in [-0.39, 0.29) is 12.6 Å². The van der Waals surface area contributed by atoms with Crippen molar-refractivity contribution in [3.63, 3.8) is 0 Å². The van der Waals surface area contributed by atoms with E-state index in [4.69, 9.17) is 4.74 Å². The fourth-order valence-corrected chi connectivity index (χ4v) is 1.49. The molecule has 1 unspecified atom stereocenters. The summed E-state index contributed by atoms with van der Waals surface area (Å²) < 4.78 is 9.50. The smallest absolute Gasteiger partial charge is 0.414 e. The number of hydrogen-bond donors (Lipinski definition) is 1. The summed E-state index contributed by atoms with van der Waals surface area (Å²) in [6, 6.07) is 0. The molecule has 1 saturated heterocycles. The third kappa shape index (κ3) is 3.24. The number of allylic oxidation sites excluding steroid dienone is 2. The highest BCUT2D eigenvalue weighted by Gasteiger charge is 2.32. The van der Waals surface area contributed by atoms with E-state index in [0.717, 1.165) is 0 Å². The highest BCUT2D eigenvalue weighted by Crippen LogP contribution is 2.17. The molecule has 0 aromatic carbocycles. The van der Waals surface area contributed by atoms with Crippen LogP contribution in [-0.4, -0.2) is 43.4 Å². The third-order valence-electron chi connectivity index (χ3n) is 2.35. The summed E-state index contributed by atoms with van der Waals surface area (Å²) in [5, 5.41) is 2.48. The number of carbonyl (C=O) groups is 2. The van der Waals surface area contributed by atoms with Crippen molar-refractivity contribution in [3.8, 4) is 0 Å². The predicted molar refractivity (Wildman–Crippen MR) is 61.3 cm³/mol. The summed E-state index contributed by atoms with van der Waals surface area (Å²) >= 11 is 0. The molecule has 1 N–H and O–H groups in total. The fraction of sp³-hybridized carbons (Fsp3) is 0.455. The highest BCUT2D eigenvalue weighted by atomic mass is 16.6. The van der Waals surface area contributed by atoms with Gasteiger partial charge in [-0.25, -0.2) is 9.59 Å². The van der Waals surface area contributed by atoms with Gasteiger partial charge < -0.3 is 14.8 Å². The molecule has 94 valence electrons. The number of methoxy groups -OCH3 is 1. The van der Waals surface area contributed by atoms with Crippen LogP contribution in [-0.2, 0) is 9.47 Å². The van der Waals surface area contributed by atoms with Gasteiger partial charge in [0.1, 0.15) is 6.10 Å². The Balaban J connectivity index is 2.52. The molecular formula is C11H16N2O4. The quantitative estimate of drug-likeness (QED) is 0.751. The van der Waals surface area contributed by atoms with Crippen LogP contribution in [0.3, 0.4) is 0 Å². The van der Waals surface area contributed by atoms with Crippen molar-refractivity contribution in [1.29, 1.82) is 0 Å². The van der Waals surface area contributed by atoms with Gasteiger partial charge in [0, 0.05) is 5.70 Å². The Kier molecular flexibility index (Phi) is 4.56. The number of nitrogens with one attached hydrogen (secondary N) is 1. The summed E-state index contributed by atoms with van der Waals surface area (Å²) in [5.74, 6) is 0. The van der Waals surface area contributed by atoms with Gasteiger partial charge in [-0.05, 0) is 13.0 Å². The molecule has 0 aromatic heterocycles. The van der Waals surface area contributed by atoms with Gasteiger partial charge >= 0.3 is 12.2 Å². The summed E-state index contributed by atoms with van der Waals surface area (Å²) in [7, 11) is 1.28. The Labute approximate surface area is 99.9 Å². The molecule has 1 fully saturated rings. The van der Waals surface area contributed by atoms with Crippen molar-refractivity contribution in [1.82, 2.24) is 10.2 Å². The standard InChI is InChI=1S/C11H16N2O4/c1-4-8(5-2)13-7-9(17-11(13)15)6-12-10(14)16-3/h4-5,9H,1,6-7H2,2-3H3,(H,12,14). The zero-order chi connectivity index (χ0) is 12.8. The number of cyclic esters (lactones) is 1. The molecule has 1 aliphatic heterocycles. The normalized spacial score (nSPS) is 19.9. The Hall–Kier alpha value is -1.98. The van der Waals surface area contributed by atoms with E-state index in [1.165, 1.54) is 12.0 Å². The van der Waals surface area contributed by atoms with Gasteiger partial charge in [-0.3, -0.25) is 4.90 Å². The van der Waals surface area contributed by atoms with E-state index in [9.17, 15) is 9.59 Å². The summed E-state index contributed by atoms with van der Waals surface area (Å²) in [6.07, 6.45) is 1.99. The molecule has 1 atom stereocenters. The topological polar surface area (TPSA) is 67.9 Å². The summed E-state index contributed by atoms with van der Waals surface area (Å²) in [6.45, 7) is 6.03. The molecule has 1 rings (SSSR count). The first-order valence-electron chi connectivity index (χ1n) is 5.21. The summed E-state index contributed by atoms with van der Waals surface area (Å²) in [4.78, 5) is 23.9. The molecular weight excluding hydrogens is 224 g/mol. The van der Waals surface area contributed by atoms with Crippen LogP contribution in [0.2, 0.25) is 0 Å².